The Morgan fingerprint density at radius 1 is 1.14 bits per heavy atom. The molecular formula is C16H19BrN4. The summed E-state index contributed by atoms with van der Waals surface area (Å²) >= 11 is 3.48. The van der Waals surface area contributed by atoms with Gasteiger partial charge in [-0.25, -0.2) is 0 Å². The maximum Gasteiger partial charge on any atom is 0.112 e. The number of fused-ring (bicyclic) bond motifs is 2. The molecule has 4 heterocycles. The molecule has 2 aromatic rings. The summed E-state index contributed by atoms with van der Waals surface area (Å²) in [7, 11) is 0. The van der Waals surface area contributed by atoms with Gasteiger partial charge in [-0.3, -0.25) is 14.9 Å². The second-order valence-electron chi connectivity index (χ2n) is 5.98. The lowest BCUT2D eigenvalue weighted by atomic mass is 9.99. The standard InChI is InChI=1S/C16H19BrN4/c17-12-9-14-16(19-10-12)15(4-5-18-14)21-8-7-20-6-2-1-3-13(20)11-21/h4-5,9-10,13H,1-3,6-8,11H2. The minimum absolute atomic E-state index is 0.714. The summed E-state index contributed by atoms with van der Waals surface area (Å²) in [6.45, 7) is 4.66. The van der Waals surface area contributed by atoms with Gasteiger partial charge in [0.2, 0.25) is 0 Å². The highest BCUT2D eigenvalue weighted by molar-refractivity contribution is 9.10. The number of hydrogen-bond donors (Lipinski definition) is 0. The van der Waals surface area contributed by atoms with Crippen molar-refractivity contribution in [2.75, 3.05) is 31.1 Å². The van der Waals surface area contributed by atoms with Gasteiger partial charge in [0.15, 0.2) is 0 Å². The highest BCUT2D eigenvalue weighted by Crippen LogP contribution is 2.29. The molecule has 2 saturated heterocycles. The first-order chi connectivity index (χ1) is 10.3. The molecule has 0 amide bonds. The van der Waals surface area contributed by atoms with Crippen molar-refractivity contribution in [2.24, 2.45) is 0 Å². The third-order valence-electron chi connectivity index (χ3n) is 4.70. The first-order valence-corrected chi connectivity index (χ1v) is 8.50. The second kappa shape index (κ2) is 5.54. The Morgan fingerprint density at radius 2 is 2.10 bits per heavy atom. The normalized spacial score (nSPS) is 23.3. The topological polar surface area (TPSA) is 32.3 Å². The van der Waals surface area contributed by atoms with Crippen molar-refractivity contribution in [1.29, 1.82) is 0 Å². The number of piperazine rings is 1. The zero-order valence-electron chi connectivity index (χ0n) is 12.0. The molecule has 4 nitrogen and oxygen atoms in total. The predicted octanol–water partition coefficient (Wildman–Crippen LogP) is 3.07. The van der Waals surface area contributed by atoms with Crippen molar-refractivity contribution in [2.45, 2.75) is 25.3 Å². The molecule has 21 heavy (non-hydrogen) atoms. The van der Waals surface area contributed by atoms with Crippen LogP contribution in [0.25, 0.3) is 11.0 Å². The molecule has 0 aromatic carbocycles. The van der Waals surface area contributed by atoms with Crippen LogP contribution in [-0.4, -0.2) is 47.1 Å². The number of pyridine rings is 2. The summed E-state index contributed by atoms with van der Waals surface area (Å²) in [5, 5.41) is 0. The first-order valence-electron chi connectivity index (χ1n) is 7.70. The predicted molar refractivity (Wildman–Crippen MR) is 88.7 cm³/mol. The van der Waals surface area contributed by atoms with Crippen molar-refractivity contribution >= 4 is 32.7 Å². The maximum atomic E-state index is 4.60. The van der Waals surface area contributed by atoms with E-state index in [0.29, 0.717) is 6.04 Å². The van der Waals surface area contributed by atoms with Gasteiger partial charge in [0, 0.05) is 42.5 Å². The van der Waals surface area contributed by atoms with E-state index in [9.17, 15) is 0 Å². The number of nitrogens with zero attached hydrogens (tertiary/aromatic N) is 4. The lowest BCUT2D eigenvalue weighted by Crippen LogP contribution is -2.55. The largest absolute Gasteiger partial charge is 0.367 e. The molecule has 4 rings (SSSR count). The summed E-state index contributed by atoms with van der Waals surface area (Å²) in [6.07, 6.45) is 7.84. The van der Waals surface area contributed by atoms with E-state index in [-0.39, 0.29) is 0 Å². The van der Waals surface area contributed by atoms with Gasteiger partial charge in [-0.05, 0) is 47.4 Å². The Hall–Kier alpha value is -1.20. The van der Waals surface area contributed by atoms with E-state index < -0.39 is 0 Å². The van der Waals surface area contributed by atoms with E-state index in [1.165, 1.54) is 38.0 Å². The SMILES string of the molecule is Brc1cnc2c(N3CCN4CCCCC4C3)ccnc2c1. The van der Waals surface area contributed by atoms with Crippen LogP contribution in [0.15, 0.2) is 29.0 Å². The third-order valence-corrected chi connectivity index (χ3v) is 5.13. The molecule has 0 radical (unpaired) electrons. The zero-order valence-corrected chi connectivity index (χ0v) is 13.6. The van der Waals surface area contributed by atoms with Crippen LogP contribution in [0.4, 0.5) is 5.69 Å². The number of hydrogen-bond acceptors (Lipinski definition) is 4. The summed E-state index contributed by atoms with van der Waals surface area (Å²) < 4.78 is 0.983. The van der Waals surface area contributed by atoms with Crippen molar-refractivity contribution in [3.05, 3.63) is 29.0 Å². The summed E-state index contributed by atoms with van der Waals surface area (Å²) in [4.78, 5) is 14.2. The Labute approximate surface area is 133 Å². The third kappa shape index (κ3) is 2.53. The van der Waals surface area contributed by atoms with Crippen LogP contribution in [0.1, 0.15) is 19.3 Å². The zero-order chi connectivity index (χ0) is 14.2. The average molecular weight is 347 g/mol. The summed E-state index contributed by atoms with van der Waals surface area (Å²) in [5.41, 5.74) is 3.22. The fourth-order valence-electron chi connectivity index (χ4n) is 3.62. The fraction of sp³-hybridized carbons (Fsp3) is 0.500. The highest BCUT2D eigenvalue weighted by atomic mass is 79.9. The van der Waals surface area contributed by atoms with Gasteiger partial charge < -0.3 is 4.90 Å². The molecule has 2 fully saturated rings. The van der Waals surface area contributed by atoms with Crippen LogP contribution in [-0.2, 0) is 0 Å². The molecule has 1 atom stereocenters. The number of piperidine rings is 1. The molecule has 110 valence electrons. The number of halogens is 1. The number of anilines is 1. The van der Waals surface area contributed by atoms with Gasteiger partial charge >= 0.3 is 0 Å². The lowest BCUT2D eigenvalue weighted by molar-refractivity contribution is 0.133. The van der Waals surface area contributed by atoms with Crippen molar-refractivity contribution < 1.29 is 0 Å². The van der Waals surface area contributed by atoms with Crippen LogP contribution in [0.2, 0.25) is 0 Å². The number of rotatable bonds is 1. The van der Waals surface area contributed by atoms with Gasteiger partial charge in [0.25, 0.3) is 0 Å². The van der Waals surface area contributed by atoms with Crippen molar-refractivity contribution in [3.63, 3.8) is 0 Å². The van der Waals surface area contributed by atoms with Gasteiger partial charge in [0.05, 0.1) is 11.2 Å². The molecule has 2 aliphatic heterocycles. The minimum Gasteiger partial charge on any atom is -0.367 e. The summed E-state index contributed by atoms with van der Waals surface area (Å²) in [6, 6.07) is 4.87. The lowest BCUT2D eigenvalue weighted by Gasteiger charge is -2.45. The molecule has 2 aliphatic rings. The Kier molecular flexibility index (Phi) is 3.55. The van der Waals surface area contributed by atoms with Crippen LogP contribution < -0.4 is 4.90 Å². The van der Waals surface area contributed by atoms with E-state index in [0.717, 1.165) is 28.6 Å². The van der Waals surface area contributed by atoms with Crippen LogP contribution >= 0.6 is 15.9 Å². The van der Waals surface area contributed by atoms with Gasteiger partial charge in [-0.1, -0.05) is 6.42 Å². The molecule has 0 spiro atoms. The minimum atomic E-state index is 0.714. The van der Waals surface area contributed by atoms with E-state index in [1.54, 1.807) is 0 Å². The molecule has 0 aliphatic carbocycles. The molecule has 2 aromatic heterocycles. The molecular weight excluding hydrogens is 328 g/mol. The van der Waals surface area contributed by atoms with Crippen molar-refractivity contribution in [1.82, 2.24) is 14.9 Å². The monoisotopic (exact) mass is 346 g/mol. The molecule has 0 saturated carbocycles. The van der Waals surface area contributed by atoms with Gasteiger partial charge in [-0.2, -0.15) is 0 Å². The Bertz CT molecular complexity index is 660. The Balaban J connectivity index is 1.67. The second-order valence-corrected chi connectivity index (χ2v) is 6.90. The average Bonchev–Trinajstić information content (AvgIpc) is 2.53. The Morgan fingerprint density at radius 3 is 3.05 bits per heavy atom. The molecule has 5 heteroatoms. The number of aromatic nitrogens is 2. The first kappa shape index (κ1) is 13.5. The molecule has 1 unspecified atom stereocenters. The molecule has 0 N–H and O–H groups in total. The smallest absolute Gasteiger partial charge is 0.112 e. The van der Waals surface area contributed by atoms with Gasteiger partial charge in [0.1, 0.15) is 5.52 Å². The molecule has 0 bridgehead atoms. The van der Waals surface area contributed by atoms with Crippen molar-refractivity contribution in [3.8, 4) is 0 Å². The van der Waals surface area contributed by atoms with E-state index in [2.05, 4.69) is 41.8 Å². The van der Waals surface area contributed by atoms with Crippen LogP contribution in [0.5, 0.6) is 0 Å². The quantitative estimate of drug-likeness (QED) is 0.794. The van der Waals surface area contributed by atoms with E-state index in [1.807, 2.05) is 18.5 Å². The van der Waals surface area contributed by atoms with E-state index in [4.69, 9.17) is 0 Å². The van der Waals surface area contributed by atoms with Crippen LogP contribution in [0, 0.1) is 0 Å². The summed E-state index contributed by atoms with van der Waals surface area (Å²) in [5.74, 6) is 0. The maximum absolute atomic E-state index is 4.60. The van der Waals surface area contributed by atoms with Crippen LogP contribution in [0.3, 0.4) is 0 Å². The van der Waals surface area contributed by atoms with Gasteiger partial charge in [-0.15, -0.1) is 0 Å². The van der Waals surface area contributed by atoms with E-state index >= 15 is 0 Å². The fourth-order valence-corrected chi connectivity index (χ4v) is 3.94. The highest BCUT2D eigenvalue weighted by Gasteiger charge is 2.29.